The number of hydrogen-bond donors (Lipinski definition) is 5. The lowest BCUT2D eigenvalue weighted by atomic mass is 9.45. The van der Waals surface area contributed by atoms with E-state index in [1.807, 2.05) is 74.4 Å². The first-order valence-corrected chi connectivity index (χ1v) is 22.0. The number of ether oxygens (including phenoxy) is 1. The summed E-state index contributed by atoms with van der Waals surface area (Å²) in [6.45, 7) is 13.7. The molecule has 1 aliphatic heterocycles. The van der Waals surface area contributed by atoms with Gasteiger partial charge in [-0.2, -0.15) is 5.06 Å². The van der Waals surface area contributed by atoms with Gasteiger partial charge in [-0.1, -0.05) is 39.0 Å². The second-order valence-electron chi connectivity index (χ2n) is 18.9. The zero-order valence-electron chi connectivity index (χ0n) is 36.1. The Hall–Kier alpha value is -2.82. The highest BCUT2D eigenvalue weighted by atomic mass is 32.2. The van der Waals surface area contributed by atoms with Crippen molar-refractivity contribution in [3.63, 3.8) is 0 Å². The standard InChI is InChI=1S/C43H69N5O8S/c1-25-34-19-30(43(34,6)7)20-35(25)45-41(52)38-37(26(2)50)36(23-49)56-48(38)21-27-14-13-15-33(39(27)55-12)28-16-29(18-32(17-28)47(10)11)40(51)44-31(22-46(8)9)24-57(53,54)42(3,4)5/h13-18,25-26,30-31,34-38,40,44,49-51H,19-24H2,1-12H3,(H,45,52)/t25-,26-,30-,31-,34+,35-,36-,37+,38-,40?/m0/s1. The van der Waals surface area contributed by atoms with Crippen LogP contribution in [0, 0.1) is 29.1 Å². The minimum absolute atomic E-state index is 0.0147. The van der Waals surface area contributed by atoms with Crippen LogP contribution in [0.4, 0.5) is 5.69 Å². The highest BCUT2D eigenvalue weighted by Gasteiger charge is 2.57. The molecule has 14 heteroatoms. The highest BCUT2D eigenvalue weighted by Crippen LogP contribution is 2.61. The van der Waals surface area contributed by atoms with Crippen LogP contribution in [-0.4, -0.2) is 129 Å². The molecular formula is C43H69N5O8S. The molecule has 0 aromatic heterocycles. The van der Waals surface area contributed by atoms with Crippen molar-refractivity contribution in [1.82, 2.24) is 20.6 Å². The average molecular weight is 816 g/mol. The first-order valence-electron chi connectivity index (χ1n) is 20.3. The molecule has 4 aliphatic rings. The largest absolute Gasteiger partial charge is 0.496 e. The number of likely N-dealkylation sites (N-methyl/N-ethyl adjacent to an activating group) is 1. The summed E-state index contributed by atoms with van der Waals surface area (Å²) < 4.78 is 31.6. The van der Waals surface area contributed by atoms with Crippen molar-refractivity contribution in [2.75, 3.05) is 59.1 Å². The van der Waals surface area contributed by atoms with Gasteiger partial charge in [0.25, 0.3) is 0 Å². The van der Waals surface area contributed by atoms with Gasteiger partial charge in [0, 0.05) is 55.5 Å². The fourth-order valence-corrected chi connectivity index (χ4v) is 10.7. The number of nitrogens with zero attached hydrogens (tertiary/aromatic N) is 3. The third-order valence-corrected chi connectivity index (χ3v) is 15.8. The van der Waals surface area contributed by atoms with Crippen LogP contribution in [0.25, 0.3) is 11.1 Å². The Morgan fingerprint density at radius 1 is 1.11 bits per heavy atom. The number of para-hydroxylation sites is 1. The number of anilines is 1. The maximum atomic E-state index is 14.3. The van der Waals surface area contributed by atoms with Gasteiger partial charge in [0.1, 0.15) is 24.1 Å². The molecule has 2 aromatic rings. The van der Waals surface area contributed by atoms with E-state index in [4.69, 9.17) is 9.57 Å². The predicted molar refractivity (Wildman–Crippen MR) is 224 cm³/mol. The van der Waals surface area contributed by atoms with Gasteiger partial charge in [0.2, 0.25) is 5.91 Å². The lowest BCUT2D eigenvalue weighted by Crippen LogP contribution is -2.62. The Kier molecular flexibility index (Phi) is 13.8. The lowest BCUT2D eigenvalue weighted by molar-refractivity contribution is -0.183. The van der Waals surface area contributed by atoms with Crippen LogP contribution in [-0.2, 0) is 26.0 Å². The van der Waals surface area contributed by atoms with Gasteiger partial charge in [-0.25, -0.2) is 8.42 Å². The van der Waals surface area contributed by atoms with E-state index in [-0.39, 0.29) is 36.3 Å². The summed E-state index contributed by atoms with van der Waals surface area (Å²) in [7, 11) is 5.63. The number of benzene rings is 2. The Morgan fingerprint density at radius 2 is 1.79 bits per heavy atom. The molecule has 57 heavy (non-hydrogen) atoms. The molecule has 2 aromatic carbocycles. The molecule has 1 heterocycles. The molecule has 320 valence electrons. The second kappa shape index (κ2) is 17.4. The van der Waals surface area contributed by atoms with Crippen molar-refractivity contribution in [2.45, 2.75) is 109 Å². The van der Waals surface area contributed by atoms with E-state index in [9.17, 15) is 28.5 Å². The molecule has 1 amide bonds. The minimum Gasteiger partial charge on any atom is -0.496 e. The first-order chi connectivity index (χ1) is 26.5. The van der Waals surface area contributed by atoms with Gasteiger partial charge in [-0.05, 0) is 107 Å². The van der Waals surface area contributed by atoms with Crippen molar-refractivity contribution in [3.05, 3.63) is 47.5 Å². The van der Waals surface area contributed by atoms with Gasteiger partial charge < -0.3 is 35.2 Å². The molecular weight excluding hydrogens is 747 g/mol. The summed E-state index contributed by atoms with van der Waals surface area (Å²) in [4.78, 5) is 24.4. The molecule has 2 bridgehead atoms. The number of fused-ring (bicyclic) bond motifs is 2. The second-order valence-corrected chi connectivity index (χ2v) is 21.7. The summed E-state index contributed by atoms with van der Waals surface area (Å²) in [6, 6.07) is 10.0. The summed E-state index contributed by atoms with van der Waals surface area (Å²) in [5.74, 6) is 0.896. The number of aliphatic hydroxyl groups excluding tert-OH is 3. The van der Waals surface area contributed by atoms with Crippen LogP contribution in [0.1, 0.15) is 78.7 Å². The quantitative estimate of drug-likeness (QED) is 0.156. The molecule has 5 N–H and O–H groups in total. The number of carbonyl (C=O) groups is 1. The van der Waals surface area contributed by atoms with Crippen molar-refractivity contribution in [1.29, 1.82) is 0 Å². The van der Waals surface area contributed by atoms with Crippen LogP contribution in [0.2, 0.25) is 0 Å². The maximum absolute atomic E-state index is 14.3. The molecule has 1 saturated heterocycles. The summed E-state index contributed by atoms with van der Waals surface area (Å²) in [5, 5.41) is 41.1. The topological polar surface area (TPSA) is 164 Å². The van der Waals surface area contributed by atoms with E-state index < -0.39 is 51.0 Å². The minimum atomic E-state index is -3.50. The third kappa shape index (κ3) is 9.49. The van der Waals surface area contributed by atoms with E-state index >= 15 is 0 Å². The Labute approximate surface area is 341 Å². The molecule has 10 atom stereocenters. The third-order valence-electron chi connectivity index (χ3n) is 13.1. The number of hydrogen-bond acceptors (Lipinski definition) is 12. The number of rotatable bonds is 16. The zero-order chi connectivity index (χ0) is 42.4. The molecule has 4 fully saturated rings. The monoisotopic (exact) mass is 815 g/mol. The number of carbonyl (C=O) groups excluding carboxylic acids is 1. The van der Waals surface area contributed by atoms with Gasteiger partial charge in [0.15, 0.2) is 9.84 Å². The molecule has 13 nitrogen and oxygen atoms in total. The number of sulfone groups is 1. The predicted octanol–water partition coefficient (Wildman–Crippen LogP) is 3.81. The molecule has 3 saturated carbocycles. The first kappa shape index (κ1) is 45.3. The number of nitrogens with one attached hydrogen (secondary N) is 2. The lowest BCUT2D eigenvalue weighted by Gasteiger charge is -2.62. The van der Waals surface area contributed by atoms with E-state index in [2.05, 4.69) is 31.4 Å². The summed E-state index contributed by atoms with van der Waals surface area (Å²) in [5.41, 5.74) is 3.82. The molecule has 3 aliphatic carbocycles. The SMILES string of the molecule is COc1c(CN2O[C@@H](CO)[C@@H]([C@H](C)O)[C@H]2C(=O)N[C@H]2C[C@@H]3C[C@H]([C@@H]2C)C3(C)C)cccc1-c1cc(C(O)N[C@@H](CN(C)C)CS(=O)(=O)C(C)(C)C)cc(N(C)C)c1. The van der Waals surface area contributed by atoms with E-state index in [0.29, 0.717) is 35.6 Å². The summed E-state index contributed by atoms with van der Waals surface area (Å²) in [6.07, 6.45) is -0.801. The fraction of sp³-hybridized carbons (Fsp3) is 0.698. The van der Waals surface area contributed by atoms with Crippen LogP contribution >= 0.6 is 0 Å². The van der Waals surface area contributed by atoms with Crippen molar-refractivity contribution < 1.29 is 38.1 Å². The van der Waals surface area contributed by atoms with Crippen molar-refractivity contribution >= 4 is 21.4 Å². The Balaban J connectivity index is 1.45. The Bertz CT molecular complexity index is 1830. The number of amides is 1. The van der Waals surface area contributed by atoms with Crippen molar-refractivity contribution in [3.8, 4) is 16.9 Å². The van der Waals surface area contributed by atoms with Crippen LogP contribution in [0.5, 0.6) is 5.75 Å². The molecule has 6 rings (SSSR count). The maximum Gasteiger partial charge on any atom is 0.240 e. The average Bonchev–Trinajstić information content (AvgIpc) is 3.49. The van der Waals surface area contributed by atoms with E-state index in [1.165, 1.54) is 6.42 Å². The number of aliphatic hydroxyl groups is 3. The van der Waals surface area contributed by atoms with Crippen LogP contribution < -0.4 is 20.3 Å². The van der Waals surface area contributed by atoms with Gasteiger partial charge in [-0.15, -0.1) is 0 Å². The summed E-state index contributed by atoms with van der Waals surface area (Å²) >= 11 is 0. The van der Waals surface area contributed by atoms with E-state index in [1.54, 1.807) is 39.9 Å². The van der Waals surface area contributed by atoms with Crippen LogP contribution in [0.3, 0.4) is 0 Å². The molecule has 0 spiro atoms. The highest BCUT2D eigenvalue weighted by molar-refractivity contribution is 7.92. The fourth-order valence-electron chi connectivity index (χ4n) is 9.46. The number of methoxy groups -OCH3 is 1. The van der Waals surface area contributed by atoms with Crippen molar-refractivity contribution in [2.24, 2.45) is 29.1 Å². The zero-order valence-corrected chi connectivity index (χ0v) is 36.9. The van der Waals surface area contributed by atoms with Crippen LogP contribution in [0.15, 0.2) is 36.4 Å². The van der Waals surface area contributed by atoms with Gasteiger partial charge in [-0.3, -0.25) is 14.9 Å². The van der Waals surface area contributed by atoms with Gasteiger partial charge >= 0.3 is 0 Å². The Morgan fingerprint density at radius 3 is 2.33 bits per heavy atom. The normalized spacial score (nSPS) is 27.8. The number of hydroxylamine groups is 2. The smallest absolute Gasteiger partial charge is 0.240 e. The van der Waals surface area contributed by atoms with Gasteiger partial charge in [0.05, 0.1) is 36.9 Å². The molecule has 0 radical (unpaired) electrons. The molecule has 1 unspecified atom stereocenters. The van der Waals surface area contributed by atoms with E-state index in [0.717, 1.165) is 28.8 Å².